The molecule has 27 heavy (non-hydrogen) atoms. The summed E-state index contributed by atoms with van der Waals surface area (Å²) >= 11 is 7.37. The Kier molecular flexibility index (Phi) is 6.74. The summed E-state index contributed by atoms with van der Waals surface area (Å²) in [5.41, 5.74) is -1.20. The van der Waals surface area contributed by atoms with Gasteiger partial charge in [0.05, 0.1) is 17.3 Å². The molecule has 7 nitrogen and oxygen atoms in total. The van der Waals surface area contributed by atoms with Gasteiger partial charge in [0.25, 0.3) is 10.0 Å². The minimum absolute atomic E-state index is 0.0578. The average molecular weight is 430 g/mol. The Morgan fingerprint density at radius 3 is 2.78 bits per heavy atom. The first-order valence-corrected chi connectivity index (χ1v) is 10.7. The van der Waals surface area contributed by atoms with Crippen LogP contribution >= 0.6 is 23.4 Å². The van der Waals surface area contributed by atoms with E-state index < -0.39 is 21.7 Å². The molecule has 146 valence electrons. The van der Waals surface area contributed by atoms with E-state index in [1.165, 1.54) is 23.9 Å². The van der Waals surface area contributed by atoms with E-state index >= 15 is 0 Å². The van der Waals surface area contributed by atoms with Gasteiger partial charge in [0.15, 0.2) is 10.9 Å². The van der Waals surface area contributed by atoms with Crippen LogP contribution in [-0.2, 0) is 20.5 Å². The number of rotatable bonds is 7. The fourth-order valence-electron chi connectivity index (χ4n) is 2.55. The van der Waals surface area contributed by atoms with Crippen LogP contribution in [0.25, 0.3) is 0 Å². The molecule has 0 aliphatic carbocycles. The first kappa shape index (κ1) is 21.5. The number of nitrogens with one attached hydrogen (secondary N) is 1. The van der Waals surface area contributed by atoms with Crippen molar-refractivity contribution in [3.63, 3.8) is 0 Å². The lowest BCUT2D eigenvalue weighted by Crippen LogP contribution is -2.45. The van der Waals surface area contributed by atoms with Crippen LogP contribution < -0.4 is 4.72 Å². The quantitative estimate of drug-likeness (QED) is 0.644. The molecule has 1 fully saturated rings. The predicted molar refractivity (Wildman–Crippen MR) is 108 cm³/mol. The Bertz CT molecular complexity index is 901. The second-order valence-electron chi connectivity index (χ2n) is 5.72. The fourth-order valence-corrected chi connectivity index (χ4v) is 5.27. The van der Waals surface area contributed by atoms with Gasteiger partial charge < -0.3 is 10.0 Å². The van der Waals surface area contributed by atoms with Gasteiger partial charge in [-0.05, 0) is 12.1 Å². The fraction of sp³-hybridized carbons (Fsp3) is 0.294. The van der Waals surface area contributed by atoms with Crippen LogP contribution in [0.5, 0.6) is 0 Å². The second-order valence-corrected chi connectivity index (χ2v) is 8.72. The van der Waals surface area contributed by atoms with Crippen molar-refractivity contribution in [1.82, 2.24) is 9.62 Å². The molecule has 2 rings (SSSR count). The molecule has 1 unspecified atom stereocenters. The Hall–Kier alpha value is -1.81. The van der Waals surface area contributed by atoms with E-state index in [0.717, 1.165) is 6.92 Å². The smallest absolute Gasteiger partial charge is 0.265 e. The van der Waals surface area contributed by atoms with Crippen molar-refractivity contribution in [1.29, 1.82) is 0 Å². The molecule has 1 aromatic carbocycles. The standard InChI is InChI=1S/C17H20ClN3O4S2/c1-4-8-19-16-21(9-5-2)17(23,11-26-16)13-6-7-14(18)15(10-13)27(24,25)20-12(3)22/h4-7,10,23H,1-2,8-9,11H2,3H3,(H,20,22). The lowest BCUT2D eigenvalue weighted by molar-refractivity contribution is -0.117. The number of benzene rings is 1. The van der Waals surface area contributed by atoms with Gasteiger partial charge in [-0.15, -0.1) is 13.2 Å². The number of carbonyl (C=O) groups excluding carboxylic acids is 1. The SMILES string of the molecule is C=CCN=C1SCC(O)(c2ccc(Cl)c(S(=O)(=O)NC(C)=O)c2)N1CC=C. The van der Waals surface area contributed by atoms with Gasteiger partial charge >= 0.3 is 0 Å². The summed E-state index contributed by atoms with van der Waals surface area (Å²) in [6, 6.07) is 4.18. The third kappa shape index (κ3) is 4.55. The maximum Gasteiger partial charge on any atom is 0.265 e. The molecule has 0 bridgehead atoms. The van der Waals surface area contributed by atoms with Crippen LogP contribution in [-0.4, -0.2) is 48.3 Å². The third-order valence-electron chi connectivity index (χ3n) is 3.71. The normalized spacial score (nSPS) is 21.3. The van der Waals surface area contributed by atoms with Gasteiger partial charge in [0, 0.05) is 19.0 Å². The first-order chi connectivity index (χ1) is 12.7. The summed E-state index contributed by atoms with van der Waals surface area (Å²) in [5, 5.41) is 11.8. The van der Waals surface area contributed by atoms with Gasteiger partial charge in [-0.1, -0.05) is 41.6 Å². The van der Waals surface area contributed by atoms with Gasteiger partial charge in [0.2, 0.25) is 5.91 Å². The number of hydrogen-bond acceptors (Lipinski definition) is 6. The number of hydrogen-bond donors (Lipinski definition) is 2. The largest absolute Gasteiger partial charge is 0.366 e. The van der Waals surface area contributed by atoms with Crippen molar-refractivity contribution in [3.8, 4) is 0 Å². The van der Waals surface area contributed by atoms with Crippen molar-refractivity contribution in [2.24, 2.45) is 4.99 Å². The van der Waals surface area contributed by atoms with E-state index in [1.807, 2.05) is 4.72 Å². The average Bonchev–Trinajstić information content (AvgIpc) is 2.90. The minimum atomic E-state index is -4.16. The maximum atomic E-state index is 12.4. The number of carbonyl (C=O) groups is 1. The number of sulfonamides is 1. The molecule has 0 radical (unpaired) electrons. The predicted octanol–water partition coefficient (Wildman–Crippen LogP) is 2.09. The van der Waals surface area contributed by atoms with Crippen molar-refractivity contribution in [3.05, 3.63) is 54.1 Å². The molecule has 1 atom stereocenters. The van der Waals surface area contributed by atoms with E-state index in [4.69, 9.17) is 11.6 Å². The van der Waals surface area contributed by atoms with Crippen molar-refractivity contribution < 1.29 is 18.3 Å². The number of aliphatic imine (C=N–C) groups is 1. The molecule has 1 aliphatic rings. The summed E-state index contributed by atoms with van der Waals surface area (Å²) in [6.45, 7) is 9.10. The lowest BCUT2D eigenvalue weighted by Gasteiger charge is -2.34. The molecule has 2 N–H and O–H groups in total. The van der Waals surface area contributed by atoms with Gasteiger partial charge in [-0.3, -0.25) is 9.79 Å². The number of amides is 1. The zero-order chi connectivity index (χ0) is 20.2. The Morgan fingerprint density at radius 1 is 1.48 bits per heavy atom. The molecular formula is C17H20ClN3O4S2. The van der Waals surface area contributed by atoms with Gasteiger partial charge in [-0.2, -0.15) is 0 Å². The molecule has 1 saturated heterocycles. The summed E-state index contributed by atoms with van der Waals surface area (Å²) in [4.78, 5) is 16.9. The van der Waals surface area contributed by atoms with Crippen molar-refractivity contribution in [2.75, 3.05) is 18.8 Å². The second kappa shape index (κ2) is 8.47. The number of halogens is 1. The monoisotopic (exact) mass is 429 g/mol. The van der Waals surface area contributed by atoms with Crippen LogP contribution in [0.15, 0.2) is 53.4 Å². The lowest BCUT2D eigenvalue weighted by atomic mass is 10.0. The van der Waals surface area contributed by atoms with Gasteiger partial charge in [0.1, 0.15) is 4.90 Å². The van der Waals surface area contributed by atoms with E-state index in [1.54, 1.807) is 23.1 Å². The topological polar surface area (TPSA) is 99.1 Å². The highest BCUT2D eigenvalue weighted by Crippen LogP contribution is 2.40. The molecule has 0 aromatic heterocycles. The zero-order valence-electron chi connectivity index (χ0n) is 14.7. The van der Waals surface area contributed by atoms with E-state index in [-0.39, 0.29) is 15.7 Å². The highest BCUT2D eigenvalue weighted by atomic mass is 35.5. The maximum absolute atomic E-state index is 12.4. The van der Waals surface area contributed by atoms with Crippen molar-refractivity contribution in [2.45, 2.75) is 17.5 Å². The molecule has 1 heterocycles. The Labute approximate surface area is 167 Å². The van der Waals surface area contributed by atoms with Crippen molar-refractivity contribution >= 4 is 44.5 Å². The molecule has 0 spiro atoms. The number of thioether (sulfide) groups is 1. The summed E-state index contributed by atoms with van der Waals surface area (Å²) in [5.74, 6) is -0.503. The molecule has 1 aromatic rings. The third-order valence-corrected chi connectivity index (χ3v) is 6.78. The highest BCUT2D eigenvalue weighted by molar-refractivity contribution is 8.14. The van der Waals surface area contributed by atoms with Crippen LogP contribution in [0.3, 0.4) is 0 Å². The Balaban J connectivity index is 2.53. The van der Waals surface area contributed by atoms with Crippen LogP contribution in [0.2, 0.25) is 5.02 Å². The molecule has 0 saturated carbocycles. The summed E-state index contributed by atoms with van der Waals surface area (Å²) in [6.07, 6.45) is 3.25. The number of amidine groups is 1. The molecule has 10 heteroatoms. The highest BCUT2D eigenvalue weighted by Gasteiger charge is 2.44. The zero-order valence-corrected chi connectivity index (χ0v) is 17.1. The van der Waals surface area contributed by atoms with Crippen LogP contribution in [0.1, 0.15) is 12.5 Å². The number of aliphatic hydroxyl groups is 1. The minimum Gasteiger partial charge on any atom is -0.366 e. The summed E-state index contributed by atoms with van der Waals surface area (Å²) < 4.78 is 26.6. The van der Waals surface area contributed by atoms with Crippen LogP contribution in [0, 0.1) is 0 Å². The molecular weight excluding hydrogens is 410 g/mol. The first-order valence-electron chi connectivity index (χ1n) is 7.88. The summed E-state index contributed by atoms with van der Waals surface area (Å²) in [7, 11) is -4.16. The van der Waals surface area contributed by atoms with E-state index in [9.17, 15) is 18.3 Å². The van der Waals surface area contributed by atoms with E-state index in [0.29, 0.717) is 23.8 Å². The van der Waals surface area contributed by atoms with Crippen LogP contribution in [0.4, 0.5) is 0 Å². The van der Waals surface area contributed by atoms with Gasteiger partial charge in [-0.25, -0.2) is 13.1 Å². The van der Waals surface area contributed by atoms with E-state index in [2.05, 4.69) is 18.2 Å². The molecule has 1 aliphatic heterocycles. The molecule has 1 amide bonds. The number of nitrogens with zero attached hydrogens (tertiary/aromatic N) is 2. The Morgan fingerprint density at radius 2 is 2.19 bits per heavy atom.